The minimum atomic E-state index is -3.99. The van der Waals surface area contributed by atoms with Gasteiger partial charge in [0.1, 0.15) is 5.75 Å². The Balaban J connectivity index is 1.63. The van der Waals surface area contributed by atoms with Crippen LogP contribution in [0.15, 0.2) is 76.5 Å². The lowest BCUT2D eigenvalue weighted by atomic mass is 9.98. The first-order chi connectivity index (χ1) is 15.7. The zero-order valence-corrected chi connectivity index (χ0v) is 19.8. The molecule has 1 aliphatic carbocycles. The Morgan fingerprint density at radius 2 is 1.48 bits per heavy atom. The number of benzene rings is 3. The lowest BCUT2D eigenvalue weighted by Crippen LogP contribution is -2.19. The highest BCUT2D eigenvalue weighted by Crippen LogP contribution is 2.31. The maximum Gasteiger partial charge on any atom is 0.262 e. The van der Waals surface area contributed by atoms with Crippen LogP contribution < -0.4 is 14.2 Å². The maximum atomic E-state index is 13.1. The first-order valence-electron chi connectivity index (χ1n) is 10.3. The maximum absolute atomic E-state index is 13.1. The minimum absolute atomic E-state index is 0.0697. The van der Waals surface area contributed by atoms with Crippen molar-refractivity contribution >= 4 is 37.5 Å². The highest BCUT2D eigenvalue weighted by Gasteiger charge is 2.24. The summed E-state index contributed by atoms with van der Waals surface area (Å²) in [7, 11) is -6.39. The number of sulfonamides is 2. The van der Waals surface area contributed by atoms with Gasteiger partial charge in [-0.05, 0) is 66.8 Å². The van der Waals surface area contributed by atoms with Gasteiger partial charge in [-0.1, -0.05) is 42.5 Å². The van der Waals surface area contributed by atoms with Gasteiger partial charge in [-0.25, -0.2) is 16.8 Å². The van der Waals surface area contributed by atoms with Crippen molar-refractivity contribution in [1.82, 2.24) is 0 Å². The molecule has 33 heavy (non-hydrogen) atoms. The summed E-state index contributed by atoms with van der Waals surface area (Å²) in [5.41, 5.74) is 3.07. The van der Waals surface area contributed by atoms with Crippen LogP contribution in [-0.4, -0.2) is 23.9 Å². The number of rotatable bonds is 7. The fourth-order valence-corrected chi connectivity index (χ4v) is 6.03. The van der Waals surface area contributed by atoms with Crippen LogP contribution >= 0.6 is 0 Å². The van der Waals surface area contributed by atoms with Crippen molar-refractivity contribution in [2.24, 2.45) is 0 Å². The van der Waals surface area contributed by atoms with Gasteiger partial charge >= 0.3 is 0 Å². The van der Waals surface area contributed by atoms with Crippen LogP contribution in [0, 0.1) is 6.92 Å². The van der Waals surface area contributed by atoms with Gasteiger partial charge in [-0.15, -0.1) is 0 Å². The average molecular weight is 485 g/mol. The largest absolute Gasteiger partial charge is 0.495 e. The summed E-state index contributed by atoms with van der Waals surface area (Å²) in [6.07, 6.45) is 2.66. The van der Waals surface area contributed by atoms with E-state index >= 15 is 0 Å². The lowest BCUT2D eigenvalue weighted by Gasteiger charge is -2.19. The standard InChI is InChI=1S/C24H24N2O5S2/c1-17-11-13-21(33(29,30)25-22-9-5-6-10-24(22)31-2)16-23(17)26-32(27,28)20-14-12-18-7-3-4-8-19(18)15-20/h3-11,13,15-16,25-26H,12,14H2,1-2H3. The van der Waals surface area contributed by atoms with E-state index < -0.39 is 20.0 Å². The summed E-state index contributed by atoms with van der Waals surface area (Å²) in [6.45, 7) is 1.71. The van der Waals surface area contributed by atoms with E-state index in [2.05, 4.69) is 9.44 Å². The van der Waals surface area contributed by atoms with Gasteiger partial charge in [-0.3, -0.25) is 9.44 Å². The Kier molecular flexibility index (Phi) is 6.18. The third-order valence-electron chi connectivity index (χ3n) is 5.47. The van der Waals surface area contributed by atoms with Crippen LogP contribution in [0.25, 0.3) is 6.08 Å². The van der Waals surface area contributed by atoms with Gasteiger partial charge in [0.2, 0.25) is 0 Å². The number of hydrogen-bond donors (Lipinski definition) is 2. The number of fused-ring (bicyclic) bond motifs is 1. The van der Waals surface area contributed by atoms with Crippen LogP contribution in [0.4, 0.5) is 11.4 Å². The summed E-state index contributed by atoms with van der Waals surface area (Å²) in [6, 6.07) is 18.6. The normalized spacial score (nSPS) is 13.6. The van der Waals surface area contributed by atoms with Gasteiger partial charge in [0.05, 0.1) is 28.3 Å². The van der Waals surface area contributed by atoms with Crippen molar-refractivity contribution in [2.75, 3.05) is 16.6 Å². The molecule has 0 aromatic heterocycles. The number of ether oxygens (including phenoxy) is 1. The molecule has 0 radical (unpaired) electrons. The molecule has 7 nitrogen and oxygen atoms in total. The molecule has 0 amide bonds. The Morgan fingerprint density at radius 1 is 0.788 bits per heavy atom. The Bertz CT molecular complexity index is 1450. The van der Waals surface area contributed by atoms with Crippen LogP contribution in [0.1, 0.15) is 23.1 Å². The number of hydrogen-bond acceptors (Lipinski definition) is 5. The third-order valence-corrected chi connectivity index (χ3v) is 8.34. The van der Waals surface area contributed by atoms with Crippen LogP contribution in [0.3, 0.4) is 0 Å². The molecule has 0 bridgehead atoms. The second-order valence-electron chi connectivity index (χ2n) is 7.70. The molecule has 0 heterocycles. The van der Waals surface area contributed by atoms with Gasteiger partial charge < -0.3 is 4.74 Å². The van der Waals surface area contributed by atoms with Crippen molar-refractivity contribution in [3.8, 4) is 5.75 Å². The number of aryl methyl sites for hydroxylation is 2. The minimum Gasteiger partial charge on any atom is -0.495 e. The Morgan fingerprint density at radius 3 is 2.27 bits per heavy atom. The van der Waals surface area contributed by atoms with Gasteiger partial charge in [0, 0.05) is 0 Å². The predicted molar refractivity (Wildman–Crippen MR) is 130 cm³/mol. The summed E-state index contributed by atoms with van der Waals surface area (Å²) in [5, 5.41) is 0. The zero-order chi connectivity index (χ0) is 23.6. The van der Waals surface area contributed by atoms with Crippen LogP contribution in [-0.2, 0) is 26.5 Å². The van der Waals surface area contributed by atoms with E-state index in [0.717, 1.165) is 11.1 Å². The predicted octanol–water partition coefficient (Wildman–Crippen LogP) is 4.53. The first-order valence-corrected chi connectivity index (χ1v) is 13.2. The first kappa shape index (κ1) is 22.9. The lowest BCUT2D eigenvalue weighted by molar-refractivity contribution is 0.417. The van der Waals surface area contributed by atoms with Gasteiger partial charge in [0.25, 0.3) is 20.0 Å². The van der Waals surface area contributed by atoms with E-state index in [4.69, 9.17) is 4.74 Å². The zero-order valence-electron chi connectivity index (χ0n) is 18.2. The van der Waals surface area contributed by atoms with E-state index in [-0.39, 0.29) is 21.2 Å². The summed E-state index contributed by atoms with van der Waals surface area (Å²) in [4.78, 5) is 0.195. The molecule has 0 saturated carbocycles. The van der Waals surface area contributed by atoms with Crippen LogP contribution in [0.5, 0.6) is 5.75 Å². The van der Waals surface area contributed by atoms with E-state index in [1.165, 1.54) is 19.2 Å². The summed E-state index contributed by atoms with van der Waals surface area (Å²) in [5.74, 6) is 0.374. The second-order valence-corrected chi connectivity index (χ2v) is 11.1. The molecule has 0 atom stereocenters. The number of para-hydroxylation sites is 2. The number of methoxy groups -OCH3 is 1. The van der Waals surface area contributed by atoms with E-state index in [1.807, 2.05) is 24.3 Å². The molecule has 172 valence electrons. The van der Waals surface area contributed by atoms with Crippen molar-refractivity contribution in [1.29, 1.82) is 0 Å². The van der Waals surface area contributed by atoms with Crippen molar-refractivity contribution in [3.05, 3.63) is 88.3 Å². The number of anilines is 2. The third kappa shape index (κ3) is 4.89. The molecule has 2 N–H and O–H groups in total. The molecular formula is C24H24N2O5S2. The molecule has 0 spiro atoms. The van der Waals surface area contributed by atoms with Crippen molar-refractivity contribution in [2.45, 2.75) is 24.7 Å². The summed E-state index contributed by atoms with van der Waals surface area (Å²) >= 11 is 0. The topological polar surface area (TPSA) is 102 Å². The Labute approximate surface area is 194 Å². The van der Waals surface area contributed by atoms with E-state index in [9.17, 15) is 16.8 Å². The quantitative estimate of drug-likeness (QED) is 0.513. The number of nitrogens with one attached hydrogen (secondary N) is 2. The summed E-state index contributed by atoms with van der Waals surface area (Å²) < 4.78 is 62.4. The fraction of sp³-hybridized carbons (Fsp3) is 0.167. The molecular weight excluding hydrogens is 460 g/mol. The van der Waals surface area contributed by atoms with E-state index in [1.54, 1.807) is 43.3 Å². The molecule has 4 rings (SSSR count). The monoisotopic (exact) mass is 484 g/mol. The molecule has 3 aromatic rings. The highest BCUT2D eigenvalue weighted by molar-refractivity contribution is 7.96. The molecule has 9 heteroatoms. The van der Waals surface area contributed by atoms with Crippen molar-refractivity contribution < 1.29 is 21.6 Å². The fourth-order valence-electron chi connectivity index (χ4n) is 3.64. The van der Waals surface area contributed by atoms with Crippen molar-refractivity contribution in [3.63, 3.8) is 0 Å². The molecule has 0 saturated heterocycles. The van der Waals surface area contributed by atoms with Gasteiger partial charge in [-0.2, -0.15) is 0 Å². The molecule has 0 aliphatic heterocycles. The SMILES string of the molecule is COc1ccccc1NS(=O)(=O)c1ccc(C)c(NS(=O)(=O)C2=Cc3ccccc3CC2)c1. The Hall–Kier alpha value is -3.30. The van der Waals surface area contributed by atoms with E-state index in [0.29, 0.717) is 24.2 Å². The average Bonchev–Trinajstić information content (AvgIpc) is 2.80. The highest BCUT2D eigenvalue weighted by atomic mass is 32.2. The molecule has 1 aliphatic rings. The second kappa shape index (κ2) is 8.92. The molecule has 0 fully saturated rings. The molecule has 0 unspecified atom stereocenters. The smallest absolute Gasteiger partial charge is 0.262 e. The number of allylic oxidation sites excluding steroid dienone is 1. The van der Waals surface area contributed by atoms with Gasteiger partial charge in [0.15, 0.2) is 0 Å². The van der Waals surface area contributed by atoms with Crippen LogP contribution in [0.2, 0.25) is 0 Å². The molecule has 3 aromatic carbocycles.